The lowest BCUT2D eigenvalue weighted by atomic mass is 10.3. The van der Waals surface area contributed by atoms with E-state index in [1.165, 1.54) is 0 Å². The van der Waals surface area contributed by atoms with Gasteiger partial charge in [-0.25, -0.2) is 0 Å². The predicted octanol–water partition coefficient (Wildman–Crippen LogP) is 6.96. The monoisotopic (exact) mass is 495 g/mol. The molecule has 0 heterocycles. The van der Waals surface area contributed by atoms with Crippen LogP contribution in [0.15, 0.2) is 0 Å². The molecule has 0 aromatic rings. The first-order valence-electron chi connectivity index (χ1n) is 4.36. The maximum atomic E-state index is 9.75. The van der Waals surface area contributed by atoms with Crippen LogP contribution in [0.3, 0.4) is 0 Å². The third-order valence-corrected chi connectivity index (χ3v) is 0. The molecular weight excluding hydrogens is 491 g/mol. The first-order valence-corrected chi connectivity index (χ1v) is 4.36. The minimum absolute atomic E-state index is 0. The van der Waals surface area contributed by atoms with Crippen molar-refractivity contribution in [3.8, 4) is 0 Å². The molecule has 28 heavy (non-hydrogen) atoms. The van der Waals surface area contributed by atoms with Crippen LogP contribution < -0.4 is 0 Å². The molecule has 0 amide bonds. The fraction of sp³-hybridized carbons (Fsp3) is 0. The maximum absolute atomic E-state index is 9.75. The zero-order valence-electron chi connectivity index (χ0n) is 11.7. The van der Waals surface area contributed by atoms with E-state index in [0.717, 1.165) is 0 Å². The van der Waals surface area contributed by atoms with Crippen molar-refractivity contribution >= 4 is 36.3 Å². The molecule has 0 aliphatic heterocycles. The van der Waals surface area contributed by atoms with Crippen LogP contribution >= 0.6 is 0 Å². The van der Waals surface area contributed by atoms with E-state index < -0.39 is 36.3 Å². The van der Waals surface area contributed by atoms with Gasteiger partial charge in [-0.3, -0.25) is 14.1 Å². The second-order valence-corrected chi connectivity index (χ2v) is 2.47. The third kappa shape index (κ3) is 8410. The highest BCUT2D eigenvalue weighted by atomic mass is 19.5. The normalized spacial score (nSPS) is 10.7. The number of hydrogen-bond donors (Lipinski definition) is 0. The van der Waals surface area contributed by atoms with Crippen molar-refractivity contribution in [2.24, 2.45) is 0 Å². The molecule has 0 aromatic carbocycles. The molecule has 28 heteroatoms. The van der Waals surface area contributed by atoms with E-state index in [4.69, 9.17) is 0 Å². The Balaban J connectivity index is -0.0000000290. The number of rotatable bonds is 0. The standard InChI is InChI=1S/5BF4.3FH/c5*2-1(3,4)5;;;/h;;;;;3*1H/q5*-1;;;. The summed E-state index contributed by atoms with van der Waals surface area (Å²) in [5.74, 6) is 0. The van der Waals surface area contributed by atoms with E-state index in [0.29, 0.717) is 0 Å². The number of halogens is 23. The van der Waals surface area contributed by atoms with Crippen LogP contribution in [0.25, 0.3) is 0 Å². The minimum atomic E-state index is -6.00. The quantitative estimate of drug-likeness (QED) is 0.253. The Morgan fingerprint density at radius 1 is 0.179 bits per heavy atom. The summed E-state index contributed by atoms with van der Waals surface area (Å²) >= 11 is 0. The predicted molar refractivity (Wildman–Crippen MR) is 58.4 cm³/mol. The highest BCUT2D eigenvalue weighted by Crippen LogP contribution is 2.08. The van der Waals surface area contributed by atoms with Gasteiger partial charge in [0.1, 0.15) is 0 Å². The van der Waals surface area contributed by atoms with Gasteiger partial charge in [0.05, 0.1) is 0 Å². The lowest BCUT2D eigenvalue weighted by Crippen LogP contribution is -2.02. The summed E-state index contributed by atoms with van der Waals surface area (Å²) in [5.41, 5.74) is 0. The zero-order valence-corrected chi connectivity index (χ0v) is 11.7. The van der Waals surface area contributed by atoms with Crippen LogP contribution in [0.1, 0.15) is 0 Å². The number of hydrogen-bond acceptors (Lipinski definition) is 0. The van der Waals surface area contributed by atoms with Gasteiger partial charge in [0.15, 0.2) is 0 Å². The molecule has 0 bridgehead atoms. The van der Waals surface area contributed by atoms with Crippen molar-refractivity contribution in [3.05, 3.63) is 0 Å². The highest BCUT2D eigenvalue weighted by molar-refractivity contribution is 6.51. The second kappa shape index (κ2) is 19.0. The van der Waals surface area contributed by atoms with Crippen molar-refractivity contribution in [1.82, 2.24) is 0 Å². The van der Waals surface area contributed by atoms with Gasteiger partial charge in [0.25, 0.3) is 0 Å². The largest absolute Gasteiger partial charge is 0.673 e. The molecule has 0 atom stereocenters. The van der Waals surface area contributed by atoms with Crippen LogP contribution in [0.5, 0.6) is 0 Å². The summed E-state index contributed by atoms with van der Waals surface area (Å²) in [4.78, 5) is 0. The first-order chi connectivity index (χ1) is 10.0. The lowest BCUT2D eigenvalue weighted by Gasteiger charge is -1.94. The summed E-state index contributed by atoms with van der Waals surface area (Å²) in [6.07, 6.45) is 0. The van der Waals surface area contributed by atoms with Gasteiger partial charge in [-0.1, -0.05) is 0 Å². The average Bonchev–Trinajstić information content (AvgIpc) is 1.79. The summed E-state index contributed by atoms with van der Waals surface area (Å²) in [6, 6.07) is 0. The molecule has 0 aliphatic carbocycles. The molecule has 0 N–H and O–H groups in total. The molecule has 0 spiro atoms. The van der Waals surface area contributed by atoms with E-state index >= 15 is 0 Å². The Hall–Kier alpha value is -1.29. The van der Waals surface area contributed by atoms with Gasteiger partial charge in [-0.2, -0.15) is 0 Å². The Labute approximate surface area is 138 Å². The van der Waals surface area contributed by atoms with Gasteiger partial charge < -0.3 is 86.3 Å². The third-order valence-electron chi connectivity index (χ3n) is 0. The van der Waals surface area contributed by atoms with E-state index in [9.17, 15) is 86.3 Å². The summed E-state index contributed by atoms with van der Waals surface area (Å²) in [5, 5.41) is 0. The maximum Gasteiger partial charge on any atom is 0.673 e. The van der Waals surface area contributed by atoms with Crippen LogP contribution in [0.4, 0.5) is 100 Å². The van der Waals surface area contributed by atoms with Crippen LogP contribution in [-0.2, 0) is 0 Å². The Bertz CT molecular complexity index is 166. The van der Waals surface area contributed by atoms with Crippen molar-refractivity contribution in [3.63, 3.8) is 0 Å². The fourth-order valence-corrected chi connectivity index (χ4v) is 0. The van der Waals surface area contributed by atoms with Crippen molar-refractivity contribution in [2.45, 2.75) is 0 Å². The van der Waals surface area contributed by atoms with Gasteiger partial charge >= 0.3 is 36.3 Å². The molecule has 184 valence electrons. The smallest absolute Gasteiger partial charge is 0.418 e. The van der Waals surface area contributed by atoms with Gasteiger partial charge in [0.2, 0.25) is 0 Å². The average molecular weight is 494 g/mol. The summed E-state index contributed by atoms with van der Waals surface area (Å²) < 4.78 is 195. The van der Waals surface area contributed by atoms with E-state index in [1.54, 1.807) is 0 Å². The lowest BCUT2D eigenvalue weighted by molar-refractivity contribution is 0.366. The highest BCUT2D eigenvalue weighted by Gasteiger charge is 2.22. The minimum Gasteiger partial charge on any atom is -0.418 e. The summed E-state index contributed by atoms with van der Waals surface area (Å²) in [7, 11) is -30.0. The molecule has 0 rings (SSSR count). The Kier molecular flexibility index (Phi) is 34.3. The molecule has 0 fully saturated rings. The molecule has 0 aromatic heterocycles. The SMILES string of the molecule is F.F.F.F[B-](F)(F)F.F[B-](F)(F)F.F[B-](F)(F)F.F[B-](F)(F)F.F[B-](F)(F)F. The topological polar surface area (TPSA) is 0 Å². The summed E-state index contributed by atoms with van der Waals surface area (Å²) in [6.45, 7) is 0. The molecule has 0 unspecified atom stereocenters. The fourth-order valence-electron chi connectivity index (χ4n) is 0. The molecular formula is H3B5F23-5. The van der Waals surface area contributed by atoms with Crippen molar-refractivity contribution < 1.29 is 100 Å². The Morgan fingerprint density at radius 2 is 0.179 bits per heavy atom. The molecule has 0 saturated heterocycles. The molecule has 0 saturated carbocycles. The van der Waals surface area contributed by atoms with Crippen LogP contribution in [0.2, 0.25) is 0 Å². The Morgan fingerprint density at radius 3 is 0.179 bits per heavy atom. The van der Waals surface area contributed by atoms with E-state index in [-0.39, 0.29) is 14.1 Å². The molecule has 0 radical (unpaired) electrons. The van der Waals surface area contributed by atoms with E-state index in [1.807, 2.05) is 0 Å². The van der Waals surface area contributed by atoms with E-state index in [2.05, 4.69) is 0 Å². The van der Waals surface area contributed by atoms with Crippen LogP contribution in [-0.4, -0.2) is 36.3 Å². The van der Waals surface area contributed by atoms with Gasteiger partial charge in [-0.05, 0) is 0 Å². The van der Waals surface area contributed by atoms with Crippen molar-refractivity contribution in [2.75, 3.05) is 0 Å². The van der Waals surface area contributed by atoms with Crippen LogP contribution in [0, 0.1) is 0 Å². The zero-order chi connectivity index (χ0) is 22.5. The first kappa shape index (κ1) is 50.4. The second-order valence-electron chi connectivity index (χ2n) is 2.47. The van der Waals surface area contributed by atoms with Crippen molar-refractivity contribution in [1.29, 1.82) is 0 Å². The van der Waals surface area contributed by atoms with Gasteiger partial charge in [-0.15, -0.1) is 0 Å². The molecule has 0 aliphatic rings. The molecule has 0 nitrogen and oxygen atoms in total. The van der Waals surface area contributed by atoms with Gasteiger partial charge in [0, 0.05) is 0 Å².